The molecule has 0 saturated carbocycles. The van der Waals surface area contributed by atoms with Crippen LogP contribution in [0.1, 0.15) is 23.9 Å². The molecule has 2 heterocycles. The standard InChI is InChI=1S/C25H24F2N4O3/c1-3-28-25(32)30(15-20-10-7-13-33-20)16-21-17(2)29-31(19-8-5-4-6-9-19)24(21)34-23-12-11-18(26)14-22(23)27/h4-14H,3,15-16H2,1-2H3,(H,28,32). The Morgan fingerprint density at radius 2 is 1.91 bits per heavy atom. The van der Waals surface area contributed by atoms with E-state index in [2.05, 4.69) is 10.4 Å². The Kier molecular flexibility index (Phi) is 6.91. The van der Waals surface area contributed by atoms with Gasteiger partial charge in [-0.2, -0.15) is 5.10 Å². The third kappa shape index (κ3) is 5.09. The Morgan fingerprint density at radius 3 is 2.59 bits per heavy atom. The van der Waals surface area contributed by atoms with E-state index in [1.54, 1.807) is 24.0 Å². The predicted molar refractivity (Wildman–Crippen MR) is 122 cm³/mol. The predicted octanol–water partition coefficient (Wildman–Crippen LogP) is 5.58. The summed E-state index contributed by atoms with van der Waals surface area (Å²) in [6, 6.07) is 15.5. The Labute approximate surface area is 195 Å². The summed E-state index contributed by atoms with van der Waals surface area (Å²) in [5, 5.41) is 7.39. The second kappa shape index (κ2) is 10.2. The normalized spacial score (nSPS) is 10.8. The van der Waals surface area contributed by atoms with Crippen molar-refractivity contribution < 1.29 is 22.7 Å². The summed E-state index contributed by atoms with van der Waals surface area (Å²) >= 11 is 0. The van der Waals surface area contributed by atoms with E-state index in [1.807, 2.05) is 37.3 Å². The number of urea groups is 1. The highest BCUT2D eigenvalue weighted by atomic mass is 19.1. The van der Waals surface area contributed by atoms with E-state index in [4.69, 9.17) is 9.15 Å². The lowest BCUT2D eigenvalue weighted by atomic mass is 10.2. The SMILES string of the molecule is CCNC(=O)N(Cc1ccco1)Cc1c(C)nn(-c2ccccc2)c1Oc1ccc(F)cc1F. The number of carbonyl (C=O) groups is 1. The molecule has 0 atom stereocenters. The van der Waals surface area contributed by atoms with Gasteiger partial charge >= 0.3 is 6.03 Å². The Bertz CT molecular complexity index is 1260. The molecule has 2 aromatic heterocycles. The minimum Gasteiger partial charge on any atom is -0.467 e. The largest absolute Gasteiger partial charge is 0.467 e. The number of para-hydroxylation sites is 1. The molecule has 4 rings (SSSR count). The summed E-state index contributed by atoms with van der Waals surface area (Å²) in [6.07, 6.45) is 1.54. The first-order valence-corrected chi connectivity index (χ1v) is 10.8. The fraction of sp³-hybridized carbons (Fsp3) is 0.200. The molecule has 0 unspecified atom stereocenters. The monoisotopic (exact) mass is 466 g/mol. The number of hydrogen-bond acceptors (Lipinski definition) is 4. The number of amides is 2. The summed E-state index contributed by atoms with van der Waals surface area (Å²) < 4.78 is 40.8. The van der Waals surface area contributed by atoms with Crippen molar-refractivity contribution in [3.05, 3.63) is 95.6 Å². The van der Waals surface area contributed by atoms with Crippen LogP contribution in [0.15, 0.2) is 71.3 Å². The third-order valence-electron chi connectivity index (χ3n) is 5.13. The highest BCUT2D eigenvalue weighted by Crippen LogP contribution is 2.33. The van der Waals surface area contributed by atoms with E-state index in [1.165, 1.54) is 17.0 Å². The zero-order valence-corrected chi connectivity index (χ0v) is 18.8. The molecule has 0 aliphatic rings. The summed E-state index contributed by atoms with van der Waals surface area (Å²) in [5.41, 5.74) is 1.85. The van der Waals surface area contributed by atoms with Gasteiger partial charge in [0, 0.05) is 12.6 Å². The number of furan rings is 1. The van der Waals surface area contributed by atoms with E-state index < -0.39 is 11.6 Å². The minimum atomic E-state index is -0.847. The fourth-order valence-electron chi connectivity index (χ4n) is 3.48. The van der Waals surface area contributed by atoms with Crippen molar-refractivity contribution in [3.8, 4) is 17.3 Å². The molecular formula is C25H24F2N4O3. The number of ether oxygens (including phenoxy) is 1. The van der Waals surface area contributed by atoms with Crippen molar-refractivity contribution in [3.63, 3.8) is 0 Å². The van der Waals surface area contributed by atoms with Gasteiger partial charge < -0.3 is 19.4 Å². The molecule has 0 aliphatic carbocycles. The lowest BCUT2D eigenvalue weighted by Gasteiger charge is -2.22. The van der Waals surface area contributed by atoms with Gasteiger partial charge in [-0.3, -0.25) is 0 Å². The molecule has 2 aromatic carbocycles. The van der Waals surface area contributed by atoms with Crippen molar-refractivity contribution in [1.29, 1.82) is 0 Å². The number of nitrogens with zero attached hydrogens (tertiary/aromatic N) is 3. The summed E-state index contributed by atoms with van der Waals surface area (Å²) in [4.78, 5) is 14.4. The number of carbonyl (C=O) groups excluding carboxylic acids is 1. The second-order valence-corrected chi connectivity index (χ2v) is 7.56. The lowest BCUT2D eigenvalue weighted by molar-refractivity contribution is 0.187. The maximum absolute atomic E-state index is 14.5. The number of nitrogens with one attached hydrogen (secondary N) is 1. The molecule has 0 bridgehead atoms. The van der Waals surface area contributed by atoms with Crippen LogP contribution in [0.5, 0.6) is 11.6 Å². The van der Waals surface area contributed by atoms with E-state index in [0.717, 1.165) is 12.1 Å². The van der Waals surface area contributed by atoms with Crippen LogP contribution >= 0.6 is 0 Å². The second-order valence-electron chi connectivity index (χ2n) is 7.56. The van der Waals surface area contributed by atoms with Crippen LogP contribution in [0.2, 0.25) is 0 Å². The fourth-order valence-corrected chi connectivity index (χ4v) is 3.48. The first kappa shape index (κ1) is 23.0. The van der Waals surface area contributed by atoms with Gasteiger partial charge in [0.25, 0.3) is 0 Å². The summed E-state index contributed by atoms with van der Waals surface area (Å²) in [5.74, 6) is -0.885. The number of hydrogen-bond donors (Lipinski definition) is 1. The first-order valence-electron chi connectivity index (χ1n) is 10.8. The number of rotatable bonds is 8. The average molecular weight is 466 g/mol. The zero-order chi connectivity index (χ0) is 24.1. The average Bonchev–Trinajstić information content (AvgIpc) is 3.44. The summed E-state index contributed by atoms with van der Waals surface area (Å²) in [6.45, 7) is 4.38. The maximum atomic E-state index is 14.5. The Balaban J connectivity index is 1.77. The topological polar surface area (TPSA) is 72.5 Å². The van der Waals surface area contributed by atoms with Gasteiger partial charge in [-0.15, -0.1) is 0 Å². The minimum absolute atomic E-state index is 0.114. The van der Waals surface area contributed by atoms with Gasteiger partial charge in [0.1, 0.15) is 11.6 Å². The highest BCUT2D eigenvalue weighted by Gasteiger charge is 2.25. The van der Waals surface area contributed by atoms with Crippen LogP contribution in [0.25, 0.3) is 5.69 Å². The smallest absolute Gasteiger partial charge is 0.318 e. The quantitative estimate of drug-likeness (QED) is 0.368. The van der Waals surface area contributed by atoms with E-state index in [0.29, 0.717) is 29.2 Å². The first-order chi connectivity index (χ1) is 16.5. The zero-order valence-electron chi connectivity index (χ0n) is 18.8. The van der Waals surface area contributed by atoms with Crippen LogP contribution in [-0.2, 0) is 13.1 Å². The van der Waals surface area contributed by atoms with E-state index >= 15 is 0 Å². The molecule has 4 aromatic rings. The van der Waals surface area contributed by atoms with Crippen LogP contribution in [-0.4, -0.2) is 27.3 Å². The Hall–Kier alpha value is -4.14. The van der Waals surface area contributed by atoms with Crippen LogP contribution in [0, 0.1) is 18.6 Å². The molecule has 0 spiro atoms. The number of aryl methyl sites for hydroxylation is 1. The molecule has 0 saturated heterocycles. The molecule has 0 aliphatic heterocycles. The molecule has 9 heteroatoms. The van der Waals surface area contributed by atoms with Gasteiger partial charge in [0.05, 0.1) is 36.3 Å². The Morgan fingerprint density at radius 1 is 1.12 bits per heavy atom. The number of aromatic nitrogens is 2. The molecule has 0 radical (unpaired) electrons. The van der Waals surface area contributed by atoms with Gasteiger partial charge in [-0.1, -0.05) is 18.2 Å². The van der Waals surface area contributed by atoms with Crippen molar-refractivity contribution in [2.75, 3.05) is 6.54 Å². The molecule has 176 valence electrons. The lowest BCUT2D eigenvalue weighted by Crippen LogP contribution is -2.39. The van der Waals surface area contributed by atoms with Crippen molar-refractivity contribution >= 4 is 6.03 Å². The third-order valence-corrected chi connectivity index (χ3v) is 5.13. The van der Waals surface area contributed by atoms with Gasteiger partial charge in [0.2, 0.25) is 5.88 Å². The van der Waals surface area contributed by atoms with Crippen molar-refractivity contribution in [2.45, 2.75) is 26.9 Å². The summed E-state index contributed by atoms with van der Waals surface area (Å²) in [7, 11) is 0. The molecule has 2 amide bonds. The van der Waals surface area contributed by atoms with Crippen LogP contribution in [0.3, 0.4) is 0 Å². The van der Waals surface area contributed by atoms with Crippen molar-refractivity contribution in [1.82, 2.24) is 20.0 Å². The van der Waals surface area contributed by atoms with Crippen molar-refractivity contribution in [2.24, 2.45) is 0 Å². The van der Waals surface area contributed by atoms with E-state index in [-0.39, 0.29) is 30.8 Å². The van der Waals surface area contributed by atoms with E-state index in [9.17, 15) is 13.6 Å². The molecule has 0 fully saturated rings. The maximum Gasteiger partial charge on any atom is 0.318 e. The van der Waals surface area contributed by atoms with Gasteiger partial charge in [0.15, 0.2) is 11.6 Å². The number of halogens is 2. The molecular weight excluding hydrogens is 442 g/mol. The highest BCUT2D eigenvalue weighted by molar-refractivity contribution is 5.74. The van der Waals surface area contributed by atoms with Crippen LogP contribution < -0.4 is 10.1 Å². The molecule has 1 N–H and O–H groups in total. The molecule has 7 nitrogen and oxygen atoms in total. The van der Waals surface area contributed by atoms with Gasteiger partial charge in [-0.25, -0.2) is 18.3 Å². The number of benzene rings is 2. The molecule has 34 heavy (non-hydrogen) atoms. The van der Waals surface area contributed by atoms with Crippen LogP contribution in [0.4, 0.5) is 13.6 Å². The van der Waals surface area contributed by atoms with Gasteiger partial charge in [-0.05, 0) is 50.2 Å².